The van der Waals surface area contributed by atoms with E-state index in [9.17, 15) is 9.59 Å². The average molecular weight is 429 g/mol. The number of nitrogens with one attached hydrogen (secondary N) is 1. The van der Waals surface area contributed by atoms with Gasteiger partial charge in [-0.25, -0.2) is 0 Å². The van der Waals surface area contributed by atoms with Gasteiger partial charge in [0.25, 0.3) is 0 Å². The van der Waals surface area contributed by atoms with E-state index in [1.165, 1.54) is 11.8 Å². The molecular weight excluding hydrogens is 408 g/mol. The highest BCUT2D eigenvalue weighted by atomic mass is 35.5. The smallest absolute Gasteiger partial charge is 0.224 e. The molecule has 3 rings (SSSR count). The predicted molar refractivity (Wildman–Crippen MR) is 116 cm³/mol. The number of Topliss-reactive ketones (excluding diaryl/α,β-unsaturated/α-hetero) is 1. The van der Waals surface area contributed by atoms with E-state index >= 15 is 0 Å². The first-order chi connectivity index (χ1) is 14.0. The quantitative estimate of drug-likeness (QED) is 0.410. The van der Waals surface area contributed by atoms with Gasteiger partial charge in [0, 0.05) is 35.3 Å². The number of thioether (sulfide) groups is 1. The molecular formula is C21H21ClN4O2S. The van der Waals surface area contributed by atoms with Gasteiger partial charge in [0.2, 0.25) is 5.91 Å². The number of carbonyl (C=O) groups excluding carboxylic acids is 2. The van der Waals surface area contributed by atoms with E-state index in [1.54, 1.807) is 36.4 Å². The lowest BCUT2D eigenvalue weighted by Gasteiger charge is -2.06. The van der Waals surface area contributed by atoms with E-state index in [4.69, 9.17) is 11.6 Å². The summed E-state index contributed by atoms with van der Waals surface area (Å²) in [5.41, 5.74) is 2.18. The summed E-state index contributed by atoms with van der Waals surface area (Å²) in [5, 5.41) is 12.5. The lowest BCUT2D eigenvalue weighted by Crippen LogP contribution is -2.11. The molecule has 1 N–H and O–H groups in total. The van der Waals surface area contributed by atoms with E-state index in [0.29, 0.717) is 33.7 Å². The average Bonchev–Trinajstić information content (AvgIpc) is 3.08. The summed E-state index contributed by atoms with van der Waals surface area (Å²) in [4.78, 5) is 24.1. The second-order valence-corrected chi connectivity index (χ2v) is 7.84. The van der Waals surface area contributed by atoms with Crippen LogP contribution in [-0.4, -0.2) is 32.2 Å². The van der Waals surface area contributed by atoms with Crippen LogP contribution in [0.1, 0.15) is 30.1 Å². The molecule has 0 aliphatic heterocycles. The molecule has 0 fully saturated rings. The topological polar surface area (TPSA) is 76.9 Å². The Bertz CT molecular complexity index is 1000. The maximum Gasteiger partial charge on any atom is 0.224 e. The third-order valence-electron chi connectivity index (χ3n) is 4.24. The third-order valence-corrected chi connectivity index (χ3v) is 5.51. The monoisotopic (exact) mass is 428 g/mol. The Morgan fingerprint density at radius 3 is 2.41 bits per heavy atom. The van der Waals surface area contributed by atoms with Crippen LogP contribution in [0.25, 0.3) is 11.4 Å². The van der Waals surface area contributed by atoms with Crippen molar-refractivity contribution >= 4 is 40.7 Å². The fourth-order valence-electron chi connectivity index (χ4n) is 2.69. The number of hydrogen-bond donors (Lipinski definition) is 1. The van der Waals surface area contributed by atoms with Crippen molar-refractivity contribution in [3.63, 3.8) is 0 Å². The summed E-state index contributed by atoms with van der Waals surface area (Å²) in [5.74, 6) is 0.913. The Kier molecular flexibility index (Phi) is 7.06. The fourth-order valence-corrected chi connectivity index (χ4v) is 3.63. The first-order valence-electron chi connectivity index (χ1n) is 9.19. The van der Waals surface area contributed by atoms with Crippen molar-refractivity contribution in [2.45, 2.75) is 24.9 Å². The van der Waals surface area contributed by atoms with Crippen LogP contribution >= 0.6 is 23.4 Å². The van der Waals surface area contributed by atoms with Gasteiger partial charge in [-0.15, -0.1) is 10.2 Å². The minimum atomic E-state index is -0.0269. The van der Waals surface area contributed by atoms with Crippen LogP contribution in [-0.2, 0) is 11.8 Å². The highest BCUT2D eigenvalue weighted by Crippen LogP contribution is 2.24. The summed E-state index contributed by atoms with van der Waals surface area (Å²) in [6, 6.07) is 14.3. The summed E-state index contributed by atoms with van der Waals surface area (Å²) in [6.07, 6.45) is 1.27. The second-order valence-electron chi connectivity index (χ2n) is 6.46. The van der Waals surface area contributed by atoms with Gasteiger partial charge in [0.15, 0.2) is 16.8 Å². The molecule has 8 heteroatoms. The molecule has 0 spiro atoms. The van der Waals surface area contributed by atoms with Crippen molar-refractivity contribution < 1.29 is 9.59 Å². The lowest BCUT2D eigenvalue weighted by molar-refractivity contribution is -0.116. The van der Waals surface area contributed by atoms with Crippen LogP contribution in [0.2, 0.25) is 5.02 Å². The fraction of sp³-hybridized carbons (Fsp3) is 0.238. The third kappa shape index (κ3) is 5.46. The number of amides is 1. The van der Waals surface area contributed by atoms with Crippen LogP contribution in [0.3, 0.4) is 0 Å². The number of halogens is 1. The van der Waals surface area contributed by atoms with Crippen molar-refractivity contribution in [2.75, 3.05) is 11.1 Å². The Hall–Kier alpha value is -2.64. The Balaban J connectivity index is 1.61. The van der Waals surface area contributed by atoms with Gasteiger partial charge in [0.05, 0.1) is 5.75 Å². The Morgan fingerprint density at radius 1 is 1.07 bits per heavy atom. The van der Waals surface area contributed by atoms with E-state index < -0.39 is 0 Å². The van der Waals surface area contributed by atoms with Gasteiger partial charge in [-0.2, -0.15) is 0 Å². The molecule has 0 aliphatic rings. The van der Waals surface area contributed by atoms with Crippen LogP contribution in [0, 0.1) is 0 Å². The predicted octanol–water partition coefficient (Wildman–Crippen LogP) is 4.85. The van der Waals surface area contributed by atoms with Crippen molar-refractivity contribution in [1.29, 1.82) is 0 Å². The molecule has 0 unspecified atom stereocenters. The van der Waals surface area contributed by atoms with Gasteiger partial charge < -0.3 is 9.88 Å². The Labute approximate surface area is 178 Å². The maximum absolute atomic E-state index is 12.5. The van der Waals surface area contributed by atoms with Crippen LogP contribution in [0.15, 0.2) is 53.7 Å². The van der Waals surface area contributed by atoms with Gasteiger partial charge in [-0.05, 0) is 55.0 Å². The van der Waals surface area contributed by atoms with E-state index in [0.717, 1.165) is 12.0 Å². The molecule has 0 radical (unpaired) electrons. The molecule has 0 saturated heterocycles. The van der Waals surface area contributed by atoms with Gasteiger partial charge in [-0.3, -0.25) is 9.59 Å². The number of anilines is 1. The minimum absolute atomic E-state index is 0.0162. The molecule has 0 aliphatic carbocycles. The number of hydrogen-bond acceptors (Lipinski definition) is 5. The molecule has 0 saturated carbocycles. The van der Waals surface area contributed by atoms with Gasteiger partial charge in [0.1, 0.15) is 0 Å². The SMILES string of the molecule is CCCC(=O)Nc1ccc(C(=O)CSc2nnc(-c3ccc(Cl)cc3)n2C)cc1. The molecule has 1 heterocycles. The van der Waals surface area contributed by atoms with E-state index in [-0.39, 0.29) is 17.4 Å². The molecule has 150 valence electrons. The maximum atomic E-state index is 12.5. The first kappa shape index (κ1) is 21.1. The number of ketones is 1. The largest absolute Gasteiger partial charge is 0.326 e. The van der Waals surface area contributed by atoms with Gasteiger partial charge in [-0.1, -0.05) is 30.3 Å². The molecule has 1 aromatic heterocycles. The van der Waals surface area contributed by atoms with Crippen molar-refractivity contribution in [3.8, 4) is 11.4 Å². The second kappa shape index (κ2) is 9.71. The van der Waals surface area contributed by atoms with Crippen LogP contribution in [0.4, 0.5) is 5.69 Å². The molecule has 0 bridgehead atoms. The highest BCUT2D eigenvalue weighted by Gasteiger charge is 2.14. The molecule has 2 aromatic carbocycles. The lowest BCUT2D eigenvalue weighted by atomic mass is 10.1. The normalized spacial score (nSPS) is 10.7. The van der Waals surface area contributed by atoms with Gasteiger partial charge >= 0.3 is 0 Å². The Morgan fingerprint density at radius 2 is 1.76 bits per heavy atom. The molecule has 1 amide bonds. The number of carbonyl (C=O) groups is 2. The molecule has 29 heavy (non-hydrogen) atoms. The zero-order chi connectivity index (χ0) is 20.8. The van der Waals surface area contributed by atoms with E-state index in [2.05, 4.69) is 15.5 Å². The molecule has 3 aromatic rings. The number of nitrogens with zero attached hydrogens (tertiary/aromatic N) is 3. The van der Waals surface area contributed by atoms with Crippen molar-refractivity contribution in [3.05, 3.63) is 59.1 Å². The minimum Gasteiger partial charge on any atom is -0.326 e. The summed E-state index contributed by atoms with van der Waals surface area (Å²) >= 11 is 7.26. The van der Waals surface area contributed by atoms with Crippen LogP contribution in [0.5, 0.6) is 0 Å². The zero-order valence-corrected chi connectivity index (χ0v) is 17.8. The highest BCUT2D eigenvalue weighted by molar-refractivity contribution is 7.99. The number of benzene rings is 2. The number of aromatic nitrogens is 3. The van der Waals surface area contributed by atoms with Crippen molar-refractivity contribution in [2.24, 2.45) is 7.05 Å². The summed E-state index contributed by atoms with van der Waals surface area (Å²) < 4.78 is 1.85. The molecule has 0 atom stereocenters. The van der Waals surface area contributed by atoms with E-state index in [1.807, 2.05) is 30.7 Å². The van der Waals surface area contributed by atoms with Crippen molar-refractivity contribution in [1.82, 2.24) is 14.8 Å². The summed E-state index contributed by atoms with van der Waals surface area (Å²) in [6.45, 7) is 1.95. The molecule has 6 nitrogen and oxygen atoms in total. The zero-order valence-electron chi connectivity index (χ0n) is 16.2. The first-order valence-corrected chi connectivity index (χ1v) is 10.6. The standard InChI is InChI=1S/C21H21ClN4O2S/c1-3-4-19(28)23-17-11-7-14(8-12-17)18(27)13-29-21-25-24-20(26(21)2)15-5-9-16(22)10-6-15/h5-12H,3-4,13H2,1-2H3,(H,23,28). The number of rotatable bonds is 8. The summed E-state index contributed by atoms with van der Waals surface area (Å²) in [7, 11) is 1.87. The van der Waals surface area contributed by atoms with Crippen LogP contribution < -0.4 is 5.32 Å².